The molecule has 0 spiro atoms. The van der Waals surface area contributed by atoms with E-state index in [0.29, 0.717) is 5.75 Å². The second kappa shape index (κ2) is 7.70. The fraction of sp³-hybridized carbons (Fsp3) is 0.158. The van der Waals surface area contributed by atoms with Crippen LogP contribution in [0.1, 0.15) is 5.69 Å². The maximum absolute atomic E-state index is 13.3. The summed E-state index contributed by atoms with van der Waals surface area (Å²) in [4.78, 5) is 7.51. The first-order chi connectivity index (χ1) is 13.6. The van der Waals surface area contributed by atoms with Gasteiger partial charge in [-0.1, -0.05) is 12.1 Å². The largest absolute Gasteiger partial charge is 0.497 e. The average molecular weight is 424 g/mol. The number of methoxy groups -OCH3 is 1. The van der Waals surface area contributed by atoms with E-state index in [-0.39, 0.29) is 21.9 Å². The average Bonchev–Trinajstić information content (AvgIpc) is 2.67. The molecule has 1 aromatic heterocycles. The van der Waals surface area contributed by atoms with Crippen LogP contribution in [-0.4, -0.2) is 31.8 Å². The smallest absolute Gasteiger partial charge is 0.433 e. The molecular formula is C19H15F3N2O4S. The zero-order valence-corrected chi connectivity index (χ0v) is 16.1. The van der Waals surface area contributed by atoms with Crippen molar-refractivity contribution in [1.29, 1.82) is 0 Å². The standard InChI is InChI=1S/C19H15F3N2O4S/c1-27-13-5-7-14(8-6-13)28-18-23-16(11-17(24-18)19(20,21)22)12-3-9-15(10-4-12)29(2,25)26/h3-11H,1-2H3. The summed E-state index contributed by atoms with van der Waals surface area (Å²) in [5.74, 6) is 0.775. The van der Waals surface area contributed by atoms with Crippen molar-refractivity contribution in [2.45, 2.75) is 11.1 Å². The molecule has 0 saturated carbocycles. The molecular weight excluding hydrogens is 409 g/mol. The molecule has 0 amide bonds. The third-order valence-corrected chi connectivity index (χ3v) is 4.97. The Morgan fingerprint density at radius 3 is 2.00 bits per heavy atom. The van der Waals surface area contributed by atoms with Crippen LogP contribution < -0.4 is 9.47 Å². The maximum atomic E-state index is 13.3. The number of benzene rings is 2. The Morgan fingerprint density at radius 1 is 0.897 bits per heavy atom. The molecule has 0 radical (unpaired) electrons. The molecule has 0 N–H and O–H groups in total. The number of halogens is 3. The maximum Gasteiger partial charge on any atom is 0.433 e. The molecule has 6 nitrogen and oxygen atoms in total. The van der Waals surface area contributed by atoms with E-state index < -0.39 is 27.7 Å². The van der Waals surface area contributed by atoms with E-state index in [0.717, 1.165) is 12.3 Å². The minimum Gasteiger partial charge on any atom is -0.497 e. The Labute approximate surface area is 164 Å². The summed E-state index contributed by atoms with van der Waals surface area (Å²) in [5.41, 5.74) is -0.959. The van der Waals surface area contributed by atoms with E-state index in [1.807, 2.05) is 0 Å². The zero-order valence-electron chi connectivity index (χ0n) is 15.3. The van der Waals surface area contributed by atoms with Crippen LogP contribution in [0.3, 0.4) is 0 Å². The van der Waals surface area contributed by atoms with Crippen molar-refractivity contribution in [1.82, 2.24) is 9.97 Å². The number of aromatic nitrogens is 2. The van der Waals surface area contributed by atoms with Crippen molar-refractivity contribution in [3.8, 4) is 28.8 Å². The molecule has 10 heteroatoms. The van der Waals surface area contributed by atoms with Gasteiger partial charge < -0.3 is 9.47 Å². The van der Waals surface area contributed by atoms with Crippen LogP contribution in [0.4, 0.5) is 13.2 Å². The Kier molecular flexibility index (Phi) is 5.47. The minimum absolute atomic E-state index is 0.0426. The van der Waals surface area contributed by atoms with Crippen LogP contribution in [0, 0.1) is 0 Å². The molecule has 2 aromatic carbocycles. The molecule has 0 aliphatic heterocycles. The highest BCUT2D eigenvalue weighted by molar-refractivity contribution is 7.90. The zero-order chi connectivity index (χ0) is 21.2. The number of rotatable bonds is 5. The fourth-order valence-corrected chi connectivity index (χ4v) is 3.02. The van der Waals surface area contributed by atoms with Crippen LogP contribution >= 0.6 is 0 Å². The summed E-state index contributed by atoms with van der Waals surface area (Å²) in [5, 5.41) is 0. The fourth-order valence-electron chi connectivity index (χ4n) is 2.39. The van der Waals surface area contributed by atoms with E-state index in [2.05, 4.69) is 9.97 Å². The second-order valence-electron chi connectivity index (χ2n) is 5.99. The summed E-state index contributed by atoms with van der Waals surface area (Å²) in [6.07, 6.45) is -3.68. The van der Waals surface area contributed by atoms with Crippen LogP contribution in [0.15, 0.2) is 59.5 Å². The lowest BCUT2D eigenvalue weighted by Gasteiger charge is -2.11. The van der Waals surface area contributed by atoms with Crippen LogP contribution in [0.5, 0.6) is 17.5 Å². The lowest BCUT2D eigenvalue weighted by atomic mass is 10.1. The van der Waals surface area contributed by atoms with E-state index in [1.165, 1.54) is 43.5 Å². The molecule has 0 fully saturated rings. The van der Waals surface area contributed by atoms with Crippen LogP contribution in [0.2, 0.25) is 0 Å². The van der Waals surface area contributed by atoms with Gasteiger partial charge in [0.1, 0.15) is 11.5 Å². The van der Waals surface area contributed by atoms with E-state index in [1.54, 1.807) is 12.1 Å². The van der Waals surface area contributed by atoms with Crippen molar-refractivity contribution >= 4 is 9.84 Å². The first-order valence-corrected chi connectivity index (χ1v) is 10.0. The van der Waals surface area contributed by atoms with Gasteiger partial charge in [-0.2, -0.15) is 23.1 Å². The highest BCUT2D eigenvalue weighted by atomic mass is 32.2. The van der Waals surface area contributed by atoms with Gasteiger partial charge in [-0.25, -0.2) is 8.42 Å². The molecule has 3 rings (SSSR count). The Bertz CT molecular complexity index is 1110. The molecule has 0 unspecified atom stereocenters. The number of hydrogen-bond acceptors (Lipinski definition) is 6. The monoisotopic (exact) mass is 424 g/mol. The normalized spacial score (nSPS) is 11.9. The quantitative estimate of drug-likeness (QED) is 0.605. The molecule has 0 atom stereocenters. The van der Waals surface area contributed by atoms with Crippen LogP contribution in [-0.2, 0) is 16.0 Å². The third-order valence-electron chi connectivity index (χ3n) is 3.84. The summed E-state index contributed by atoms with van der Waals surface area (Å²) >= 11 is 0. The predicted molar refractivity (Wildman–Crippen MR) is 98.6 cm³/mol. The number of alkyl halides is 3. The van der Waals surface area contributed by atoms with Crippen molar-refractivity contribution in [2.75, 3.05) is 13.4 Å². The Balaban J connectivity index is 2.01. The topological polar surface area (TPSA) is 78.4 Å². The van der Waals surface area contributed by atoms with Crippen molar-refractivity contribution < 1.29 is 31.1 Å². The first-order valence-electron chi connectivity index (χ1n) is 8.15. The molecule has 1 heterocycles. The molecule has 0 aliphatic rings. The van der Waals surface area contributed by atoms with Crippen molar-refractivity contribution in [2.24, 2.45) is 0 Å². The summed E-state index contributed by atoms with van der Waals surface area (Å²) < 4.78 is 73.4. The molecule has 0 saturated heterocycles. The number of sulfone groups is 1. The van der Waals surface area contributed by atoms with Gasteiger partial charge in [-0.05, 0) is 42.5 Å². The predicted octanol–water partition coefficient (Wildman–Crippen LogP) is 4.37. The van der Waals surface area contributed by atoms with Gasteiger partial charge in [0, 0.05) is 11.8 Å². The third kappa shape index (κ3) is 5.02. The highest BCUT2D eigenvalue weighted by Gasteiger charge is 2.34. The van der Waals surface area contributed by atoms with E-state index >= 15 is 0 Å². The lowest BCUT2D eigenvalue weighted by molar-refractivity contribution is -0.141. The molecule has 0 bridgehead atoms. The van der Waals surface area contributed by atoms with Gasteiger partial charge in [0.15, 0.2) is 15.5 Å². The van der Waals surface area contributed by atoms with Gasteiger partial charge >= 0.3 is 12.2 Å². The van der Waals surface area contributed by atoms with Gasteiger partial charge in [-0.3, -0.25) is 0 Å². The first kappa shape index (κ1) is 20.6. The molecule has 0 aliphatic carbocycles. The van der Waals surface area contributed by atoms with Gasteiger partial charge in [0.05, 0.1) is 17.7 Å². The Morgan fingerprint density at radius 2 is 1.48 bits per heavy atom. The number of hydrogen-bond donors (Lipinski definition) is 0. The number of nitrogens with zero attached hydrogens (tertiary/aromatic N) is 2. The van der Waals surface area contributed by atoms with Crippen LogP contribution in [0.25, 0.3) is 11.3 Å². The highest BCUT2D eigenvalue weighted by Crippen LogP contribution is 2.33. The molecule has 152 valence electrons. The number of ether oxygens (including phenoxy) is 2. The van der Waals surface area contributed by atoms with Gasteiger partial charge in [0.2, 0.25) is 0 Å². The van der Waals surface area contributed by atoms with Crippen molar-refractivity contribution in [3.63, 3.8) is 0 Å². The lowest BCUT2D eigenvalue weighted by Crippen LogP contribution is -2.10. The van der Waals surface area contributed by atoms with Gasteiger partial charge in [-0.15, -0.1) is 0 Å². The van der Waals surface area contributed by atoms with E-state index in [9.17, 15) is 21.6 Å². The summed E-state index contributed by atoms with van der Waals surface area (Å²) in [7, 11) is -1.96. The SMILES string of the molecule is COc1ccc(Oc2nc(-c3ccc(S(C)(=O)=O)cc3)cc(C(F)(F)F)n2)cc1. The minimum atomic E-state index is -4.72. The Hall–Kier alpha value is -3.14. The second-order valence-corrected chi connectivity index (χ2v) is 8.01. The molecule has 3 aromatic rings. The summed E-state index contributed by atoms with van der Waals surface area (Å²) in [6, 6.07) is 11.8. The van der Waals surface area contributed by atoms with Gasteiger partial charge in [0.25, 0.3) is 0 Å². The van der Waals surface area contributed by atoms with Crippen molar-refractivity contribution in [3.05, 3.63) is 60.3 Å². The molecule has 29 heavy (non-hydrogen) atoms. The summed E-state index contributed by atoms with van der Waals surface area (Å²) in [6.45, 7) is 0. The van der Waals surface area contributed by atoms with E-state index in [4.69, 9.17) is 9.47 Å².